The Morgan fingerprint density at radius 1 is 1.62 bits per heavy atom. The van der Waals surface area contributed by atoms with E-state index in [2.05, 4.69) is 0 Å². The van der Waals surface area contributed by atoms with Gasteiger partial charge in [0.1, 0.15) is 6.04 Å². The second-order valence-electron chi connectivity index (χ2n) is 3.04. The molecule has 0 bridgehead atoms. The zero-order chi connectivity index (χ0) is 10.3. The summed E-state index contributed by atoms with van der Waals surface area (Å²) in [6.07, 6.45) is 3.50. The van der Waals surface area contributed by atoms with Gasteiger partial charge in [0.25, 0.3) is 0 Å². The van der Waals surface area contributed by atoms with Gasteiger partial charge in [-0.25, -0.2) is 0 Å². The first-order valence-electron chi connectivity index (χ1n) is 4.56. The second kappa shape index (κ2) is 7.21. The van der Waals surface area contributed by atoms with Crippen molar-refractivity contribution >= 4 is 17.7 Å². The largest absolute Gasteiger partial charge is 0.462 e. The van der Waals surface area contributed by atoms with Crippen LogP contribution in [-0.2, 0) is 9.53 Å². The number of nitrogens with two attached hydrogens (primary N) is 1. The van der Waals surface area contributed by atoms with E-state index in [4.69, 9.17) is 10.5 Å². The molecule has 0 heterocycles. The Morgan fingerprint density at radius 3 is 2.69 bits per heavy atom. The van der Waals surface area contributed by atoms with Gasteiger partial charge in [0.2, 0.25) is 0 Å². The lowest BCUT2D eigenvalue weighted by atomic mass is 10.2. The van der Waals surface area contributed by atoms with Gasteiger partial charge < -0.3 is 10.5 Å². The number of ether oxygens (including phenoxy) is 1. The van der Waals surface area contributed by atoms with E-state index in [-0.39, 0.29) is 12.1 Å². The highest BCUT2D eigenvalue weighted by Gasteiger charge is 2.16. The average molecular weight is 205 g/mol. The molecule has 0 aromatic rings. The van der Waals surface area contributed by atoms with Crippen LogP contribution in [0.15, 0.2) is 0 Å². The van der Waals surface area contributed by atoms with E-state index in [1.165, 1.54) is 0 Å². The zero-order valence-corrected chi connectivity index (χ0v) is 9.39. The fraction of sp³-hybridized carbons (Fsp3) is 0.889. The van der Waals surface area contributed by atoms with Crippen LogP contribution >= 0.6 is 11.8 Å². The molecule has 0 unspecified atom stereocenters. The first kappa shape index (κ1) is 12.8. The van der Waals surface area contributed by atoms with Crippen molar-refractivity contribution in [1.29, 1.82) is 0 Å². The van der Waals surface area contributed by atoms with Crippen LogP contribution in [0.3, 0.4) is 0 Å². The van der Waals surface area contributed by atoms with Gasteiger partial charge in [-0.15, -0.1) is 0 Å². The van der Waals surface area contributed by atoms with Gasteiger partial charge in [0.15, 0.2) is 0 Å². The maximum atomic E-state index is 11.3. The standard InChI is InChI=1S/C9H19NO2S/c1-4-7(2)12-9(11)8(10)5-6-13-3/h7-8H,4-6,10H2,1-3H3/t7-,8-/m0/s1. The zero-order valence-electron chi connectivity index (χ0n) is 8.58. The van der Waals surface area contributed by atoms with Crippen LogP contribution in [0.1, 0.15) is 26.7 Å². The molecule has 0 rings (SSSR count). The van der Waals surface area contributed by atoms with Crippen molar-refractivity contribution in [3.8, 4) is 0 Å². The van der Waals surface area contributed by atoms with Crippen molar-refractivity contribution in [1.82, 2.24) is 0 Å². The maximum Gasteiger partial charge on any atom is 0.323 e. The SMILES string of the molecule is CC[C@H](C)OC(=O)[C@@H](N)CCSC. The molecule has 0 saturated heterocycles. The molecule has 13 heavy (non-hydrogen) atoms. The summed E-state index contributed by atoms with van der Waals surface area (Å²) in [5.41, 5.74) is 5.62. The third-order valence-corrected chi connectivity index (χ3v) is 2.47. The summed E-state index contributed by atoms with van der Waals surface area (Å²) in [6, 6.07) is -0.457. The minimum absolute atomic E-state index is 0.0205. The molecule has 3 nitrogen and oxygen atoms in total. The predicted molar refractivity (Wildman–Crippen MR) is 56.8 cm³/mol. The Balaban J connectivity index is 3.68. The van der Waals surface area contributed by atoms with Crippen LogP contribution in [0, 0.1) is 0 Å². The second-order valence-corrected chi connectivity index (χ2v) is 4.03. The van der Waals surface area contributed by atoms with Crippen molar-refractivity contribution in [3.63, 3.8) is 0 Å². The number of carbonyl (C=O) groups is 1. The van der Waals surface area contributed by atoms with Crippen LogP contribution in [0.5, 0.6) is 0 Å². The van der Waals surface area contributed by atoms with E-state index >= 15 is 0 Å². The van der Waals surface area contributed by atoms with E-state index in [9.17, 15) is 4.79 Å². The van der Waals surface area contributed by atoms with Crippen molar-refractivity contribution in [2.75, 3.05) is 12.0 Å². The van der Waals surface area contributed by atoms with Crippen LogP contribution < -0.4 is 5.73 Å². The van der Waals surface area contributed by atoms with Gasteiger partial charge in [0, 0.05) is 0 Å². The van der Waals surface area contributed by atoms with E-state index in [0.29, 0.717) is 6.42 Å². The third kappa shape index (κ3) is 5.93. The van der Waals surface area contributed by atoms with E-state index in [0.717, 1.165) is 12.2 Å². The van der Waals surface area contributed by atoms with Crippen LogP contribution in [0.25, 0.3) is 0 Å². The van der Waals surface area contributed by atoms with Crippen molar-refractivity contribution in [2.24, 2.45) is 5.73 Å². The van der Waals surface area contributed by atoms with Crippen LogP contribution in [0.2, 0.25) is 0 Å². The van der Waals surface area contributed by atoms with Gasteiger partial charge in [-0.2, -0.15) is 11.8 Å². The van der Waals surface area contributed by atoms with E-state index < -0.39 is 6.04 Å². The molecule has 0 aromatic carbocycles. The van der Waals surface area contributed by atoms with Gasteiger partial charge >= 0.3 is 5.97 Å². The summed E-state index contributed by atoms with van der Waals surface area (Å²) < 4.78 is 5.09. The summed E-state index contributed by atoms with van der Waals surface area (Å²) in [6.45, 7) is 3.85. The molecule has 0 aliphatic carbocycles. The molecule has 2 N–H and O–H groups in total. The van der Waals surface area contributed by atoms with Crippen LogP contribution in [0.4, 0.5) is 0 Å². The van der Waals surface area contributed by atoms with Crippen molar-refractivity contribution < 1.29 is 9.53 Å². The third-order valence-electron chi connectivity index (χ3n) is 1.83. The summed E-state index contributed by atoms with van der Waals surface area (Å²) >= 11 is 1.68. The highest BCUT2D eigenvalue weighted by molar-refractivity contribution is 7.98. The first-order chi connectivity index (χ1) is 6.11. The molecule has 2 atom stereocenters. The number of carbonyl (C=O) groups excluding carboxylic acids is 1. The van der Waals surface area contributed by atoms with Gasteiger partial charge in [0.05, 0.1) is 6.10 Å². The Labute approximate surface area is 84.4 Å². The molecule has 4 heteroatoms. The van der Waals surface area contributed by atoms with Gasteiger partial charge in [-0.3, -0.25) is 4.79 Å². The quantitative estimate of drug-likeness (QED) is 0.666. The molecule has 0 fully saturated rings. The fourth-order valence-electron chi connectivity index (χ4n) is 0.732. The van der Waals surface area contributed by atoms with Gasteiger partial charge in [-0.1, -0.05) is 6.92 Å². The molecular weight excluding hydrogens is 186 g/mol. The molecule has 0 radical (unpaired) electrons. The Hall–Kier alpha value is -0.220. The number of esters is 1. The van der Waals surface area contributed by atoms with Crippen LogP contribution in [-0.4, -0.2) is 30.1 Å². The molecular formula is C9H19NO2S. The number of thioether (sulfide) groups is 1. The Morgan fingerprint density at radius 2 is 2.23 bits per heavy atom. The summed E-state index contributed by atoms with van der Waals surface area (Å²) in [4.78, 5) is 11.3. The topological polar surface area (TPSA) is 52.3 Å². The lowest BCUT2D eigenvalue weighted by Gasteiger charge is -2.14. The lowest BCUT2D eigenvalue weighted by molar-refractivity contribution is -0.149. The summed E-state index contributed by atoms with van der Waals surface area (Å²) in [5, 5.41) is 0. The molecule has 0 aromatic heterocycles. The summed E-state index contributed by atoms with van der Waals surface area (Å²) in [7, 11) is 0. The van der Waals surface area contributed by atoms with E-state index in [1.807, 2.05) is 20.1 Å². The van der Waals surface area contributed by atoms with E-state index in [1.54, 1.807) is 11.8 Å². The van der Waals surface area contributed by atoms with Crippen molar-refractivity contribution in [3.05, 3.63) is 0 Å². The van der Waals surface area contributed by atoms with Gasteiger partial charge in [-0.05, 0) is 31.8 Å². The molecule has 0 aliphatic heterocycles. The lowest BCUT2D eigenvalue weighted by Crippen LogP contribution is -2.34. The molecule has 0 amide bonds. The molecule has 0 spiro atoms. The highest BCUT2D eigenvalue weighted by Crippen LogP contribution is 2.03. The highest BCUT2D eigenvalue weighted by atomic mass is 32.2. The summed E-state index contributed by atoms with van der Waals surface area (Å²) in [5.74, 6) is 0.625. The Kier molecular flexibility index (Phi) is 7.09. The Bertz CT molecular complexity index is 153. The number of hydrogen-bond acceptors (Lipinski definition) is 4. The minimum Gasteiger partial charge on any atom is -0.462 e. The average Bonchev–Trinajstić information content (AvgIpc) is 2.13. The predicted octanol–water partition coefficient (Wildman–Crippen LogP) is 1.41. The number of rotatable bonds is 6. The molecule has 0 aliphatic rings. The monoisotopic (exact) mass is 205 g/mol. The fourth-order valence-corrected chi connectivity index (χ4v) is 1.22. The maximum absolute atomic E-state index is 11.3. The smallest absolute Gasteiger partial charge is 0.323 e. The minimum atomic E-state index is -0.457. The first-order valence-corrected chi connectivity index (χ1v) is 5.96. The molecule has 78 valence electrons. The number of hydrogen-bond donors (Lipinski definition) is 1. The normalized spacial score (nSPS) is 15.1. The molecule has 0 saturated carbocycles. The van der Waals surface area contributed by atoms with Crippen molar-refractivity contribution in [2.45, 2.75) is 38.8 Å².